The maximum absolute atomic E-state index is 8.88. The van der Waals surface area contributed by atoms with Crippen LogP contribution in [0.5, 0.6) is 0 Å². The summed E-state index contributed by atoms with van der Waals surface area (Å²) >= 11 is 3.41. The van der Waals surface area contributed by atoms with E-state index in [9.17, 15) is 0 Å². The van der Waals surface area contributed by atoms with E-state index in [0.717, 1.165) is 15.6 Å². The summed E-state index contributed by atoms with van der Waals surface area (Å²) in [5.74, 6) is -0.696. The van der Waals surface area contributed by atoms with Crippen LogP contribution in [-0.2, 0) is 5.41 Å². The van der Waals surface area contributed by atoms with Gasteiger partial charge in [-0.3, -0.25) is 0 Å². The molecule has 0 bridgehead atoms. The van der Waals surface area contributed by atoms with Crippen LogP contribution < -0.4 is 0 Å². The Balaban J connectivity index is 3.31. The molecule has 16 heavy (non-hydrogen) atoms. The van der Waals surface area contributed by atoms with Crippen LogP contribution in [0.3, 0.4) is 0 Å². The molecule has 82 valence electrons. The zero-order valence-electron chi connectivity index (χ0n) is 9.58. The van der Waals surface area contributed by atoms with Gasteiger partial charge in [-0.25, -0.2) is 0 Å². The summed E-state index contributed by atoms with van der Waals surface area (Å²) in [7, 11) is 0. The third kappa shape index (κ3) is 2.84. The Morgan fingerprint density at radius 2 is 1.69 bits per heavy atom. The first-order chi connectivity index (χ1) is 7.38. The number of nitriles is 2. The second kappa shape index (κ2) is 4.68. The lowest BCUT2D eigenvalue weighted by Gasteiger charge is -2.20. The van der Waals surface area contributed by atoms with E-state index in [0.29, 0.717) is 0 Å². The van der Waals surface area contributed by atoms with Gasteiger partial charge in [-0.05, 0) is 28.7 Å². The van der Waals surface area contributed by atoms with E-state index in [1.54, 1.807) is 0 Å². The van der Waals surface area contributed by atoms with Crippen molar-refractivity contribution < 1.29 is 0 Å². The fraction of sp³-hybridized carbons (Fsp3) is 0.385. The van der Waals surface area contributed by atoms with Crippen molar-refractivity contribution in [2.75, 3.05) is 0 Å². The third-order valence-corrected chi connectivity index (χ3v) is 2.84. The standard InChI is InChI=1S/C13H13BrN2/c1-13(2,3)11-4-9(5-12(14)6-11)10(7-15)8-16/h4-6,10H,1-3H3. The lowest BCUT2D eigenvalue weighted by molar-refractivity contribution is 0.589. The van der Waals surface area contributed by atoms with Crippen molar-refractivity contribution in [3.63, 3.8) is 0 Å². The minimum absolute atomic E-state index is 0.00793. The molecule has 0 saturated heterocycles. The largest absolute Gasteiger partial charge is 0.196 e. The van der Waals surface area contributed by atoms with Crippen molar-refractivity contribution in [2.45, 2.75) is 32.1 Å². The number of benzene rings is 1. The molecule has 0 spiro atoms. The van der Waals surface area contributed by atoms with Crippen molar-refractivity contribution in [1.29, 1.82) is 10.5 Å². The molecule has 0 N–H and O–H groups in total. The molecule has 0 saturated carbocycles. The normalized spacial score (nSPS) is 10.9. The molecule has 3 heteroatoms. The predicted octanol–water partition coefficient (Wildman–Crippen LogP) is 3.88. The van der Waals surface area contributed by atoms with Crippen LogP contribution in [0.2, 0.25) is 0 Å². The zero-order valence-corrected chi connectivity index (χ0v) is 11.2. The third-order valence-electron chi connectivity index (χ3n) is 2.38. The van der Waals surface area contributed by atoms with Gasteiger partial charge in [0.2, 0.25) is 0 Å². The SMILES string of the molecule is CC(C)(C)c1cc(Br)cc(C(C#N)C#N)c1. The Hall–Kier alpha value is -1.32. The van der Waals surface area contributed by atoms with Gasteiger partial charge in [0.15, 0.2) is 5.92 Å². The second-order valence-corrected chi connectivity index (χ2v) is 5.63. The molecule has 1 aromatic rings. The van der Waals surface area contributed by atoms with Crippen molar-refractivity contribution in [2.24, 2.45) is 0 Å². The van der Waals surface area contributed by atoms with Crippen LogP contribution in [0.1, 0.15) is 37.8 Å². The van der Waals surface area contributed by atoms with Gasteiger partial charge in [0.25, 0.3) is 0 Å². The van der Waals surface area contributed by atoms with Gasteiger partial charge in [0.05, 0.1) is 12.1 Å². The molecule has 0 heterocycles. The summed E-state index contributed by atoms with van der Waals surface area (Å²) in [6.07, 6.45) is 0. The quantitative estimate of drug-likeness (QED) is 0.782. The minimum atomic E-state index is -0.696. The Morgan fingerprint density at radius 3 is 2.12 bits per heavy atom. The molecular formula is C13H13BrN2. The summed E-state index contributed by atoms with van der Waals surface area (Å²) in [6, 6.07) is 9.77. The van der Waals surface area contributed by atoms with E-state index >= 15 is 0 Å². The molecule has 0 fully saturated rings. The molecule has 0 unspecified atom stereocenters. The summed E-state index contributed by atoms with van der Waals surface area (Å²) < 4.78 is 0.908. The molecule has 0 aliphatic carbocycles. The van der Waals surface area contributed by atoms with Crippen LogP contribution in [0.25, 0.3) is 0 Å². The molecule has 0 aliphatic heterocycles. The van der Waals surface area contributed by atoms with Crippen LogP contribution in [0.4, 0.5) is 0 Å². The fourth-order valence-electron chi connectivity index (χ4n) is 1.39. The Kier molecular flexibility index (Phi) is 3.73. The van der Waals surface area contributed by atoms with E-state index in [-0.39, 0.29) is 5.41 Å². The Labute approximate surface area is 105 Å². The zero-order chi connectivity index (χ0) is 12.3. The first kappa shape index (κ1) is 12.7. The van der Waals surface area contributed by atoms with Crippen molar-refractivity contribution >= 4 is 15.9 Å². The van der Waals surface area contributed by atoms with Crippen molar-refractivity contribution in [1.82, 2.24) is 0 Å². The topological polar surface area (TPSA) is 47.6 Å². The monoisotopic (exact) mass is 276 g/mol. The van der Waals surface area contributed by atoms with Crippen LogP contribution in [-0.4, -0.2) is 0 Å². The summed E-state index contributed by atoms with van der Waals surface area (Å²) in [5.41, 5.74) is 1.88. The average molecular weight is 277 g/mol. The molecule has 1 aromatic carbocycles. The summed E-state index contributed by atoms with van der Waals surface area (Å²) in [4.78, 5) is 0. The first-order valence-corrected chi connectivity index (χ1v) is 5.78. The van der Waals surface area contributed by atoms with Gasteiger partial charge in [-0.1, -0.05) is 42.8 Å². The lowest BCUT2D eigenvalue weighted by Crippen LogP contribution is -2.12. The van der Waals surface area contributed by atoms with Gasteiger partial charge in [0.1, 0.15) is 0 Å². The van der Waals surface area contributed by atoms with Gasteiger partial charge >= 0.3 is 0 Å². The molecule has 0 amide bonds. The van der Waals surface area contributed by atoms with Gasteiger partial charge in [-0.2, -0.15) is 10.5 Å². The Bertz CT molecular complexity index is 458. The average Bonchev–Trinajstić information content (AvgIpc) is 2.17. The molecule has 1 rings (SSSR count). The van der Waals surface area contributed by atoms with E-state index in [2.05, 4.69) is 36.7 Å². The molecule has 0 aromatic heterocycles. The highest BCUT2D eigenvalue weighted by molar-refractivity contribution is 9.10. The highest BCUT2D eigenvalue weighted by Crippen LogP contribution is 2.29. The van der Waals surface area contributed by atoms with Crippen molar-refractivity contribution in [3.05, 3.63) is 33.8 Å². The van der Waals surface area contributed by atoms with E-state index in [4.69, 9.17) is 10.5 Å². The molecular weight excluding hydrogens is 264 g/mol. The maximum Gasteiger partial charge on any atom is 0.158 e. The molecule has 2 nitrogen and oxygen atoms in total. The number of nitrogens with zero attached hydrogens (tertiary/aromatic N) is 2. The second-order valence-electron chi connectivity index (χ2n) is 4.71. The van der Waals surface area contributed by atoms with Crippen molar-refractivity contribution in [3.8, 4) is 12.1 Å². The fourth-order valence-corrected chi connectivity index (χ4v) is 1.90. The lowest BCUT2D eigenvalue weighted by atomic mass is 9.85. The number of rotatable bonds is 1. The highest BCUT2D eigenvalue weighted by Gasteiger charge is 2.17. The van der Waals surface area contributed by atoms with E-state index in [1.165, 1.54) is 0 Å². The number of hydrogen-bond donors (Lipinski definition) is 0. The van der Waals surface area contributed by atoms with Gasteiger partial charge in [-0.15, -0.1) is 0 Å². The first-order valence-electron chi connectivity index (χ1n) is 4.98. The number of halogens is 1. The highest BCUT2D eigenvalue weighted by atomic mass is 79.9. The smallest absolute Gasteiger partial charge is 0.158 e. The molecule has 0 radical (unpaired) electrons. The Morgan fingerprint density at radius 1 is 1.12 bits per heavy atom. The van der Waals surface area contributed by atoms with Crippen LogP contribution >= 0.6 is 15.9 Å². The maximum atomic E-state index is 8.88. The van der Waals surface area contributed by atoms with Crippen LogP contribution in [0.15, 0.2) is 22.7 Å². The van der Waals surface area contributed by atoms with E-state index < -0.39 is 5.92 Å². The molecule has 0 aliphatic rings. The summed E-state index contributed by atoms with van der Waals surface area (Å²) in [5, 5.41) is 17.8. The number of hydrogen-bond acceptors (Lipinski definition) is 2. The van der Waals surface area contributed by atoms with Gasteiger partial charge < -0.3 is 0 Å². The van der Waals surface area contributed by atoms with Gasteiger partial charge in [0, 0.05) is 4.47 Å². The minimum Gasteiger partial charge on any atom is -0.196 e. The predicted molar refractivity (Wildman–Crippen MR) is 66.8 cm³/mol. The van der Waals surface area contributed by atoms with Crippen LogP contribution in [0, 0.1) is 22.7 Å². The molecule has 0 atom stereocenters. The van der Waals surface area contributed by atoms with E-state index in [1.807, 2.05) is 30.3 Å². The summed E-state index contributed by atoms with van der Waals surface area (Å²) in [6.45, 7) is 6.31.